The maximum atomic E-state index is 12.3. The summed E-state index contributed by atoms with van der Waals surface area (Å²) in [5.41, 5.74) is 1.13. The molecule has 0 aliphatic rings. The van der Waals surface area contributed by atoms with E-state index in [-0.39, 0.29) is 30.0 Å². The van der Waals surface area contributed by atoms with Crippen molar-refractivity contribution in [2.24, 2.45) is 5.16 Å². The molecule has 1 rings (SSSR count). The molecule has 0 fully saturated rings. The third-order valence-corrected chi connectivity index (χ3v) is 5.94. The Bertz CT molecular complexity index is 674. The fourth-order valence-corrected chi connectivity index (χ4v) is 4.13. The highest BCUT2D eigenvalue weighted by Crippen LogP contribution is 2.47. The van der Waals surface area contributed by atoms with Crippen molar-refractivity contribution in [3.63, 3.8) is 0 Å². The quantitative estimate of drug-likeness (QED) is 0.380. The predicted molar refractivity (Wildman–Crippen MR) is 88.3 cm³/mol. The van der Waals surface area contributed by atoms with Gasteiger partial charge in [-0.25, -0.2) is 0 Å². The molecule has 1 aromatic carbocycles. The number of aryl methyl sites for hydroxylation is 1. The molecule has 130 valence electrons. The Morgan fingerprint density at radius 2 is 1.65 bits per heavy atom. The van der Waals surface area contributed by atoms with Crippen LogP contribution in [0.25, 0.3) is 0 Å². The average Bonchev–Trinajstić information content (AvgIpc) is 2.46. The van der Waals surface area contributed by atoms with E-state index in [1.807, 2.05) is 6.92 Å². The molecule has 0 saturated carbocycles. The van der Waals surface area contributed by atoms with Gasteiger partial charge in [0.15, 0.2) is 0 Å². The number of nitrogens with zero attached hydrogens (tertiary/aromatic N) is 1. The summed E-state index contributed by atoms with van der Waals surface area (Å²) in [7, 11) is -7.35. The van der Waals surface area contributed by atoms with Crippen molar-refractivity contribution in [3.05, 3.63) is 29.8 Å². The molecule has 0 spiro atoms. The van der Waals surface area contributed by atoms with Gasteiger partial charge in [-0.05, 0) is 39.8 Å². The number of hydrogen-bond acceptors (Lipinski definition) is 7. The molecule has 23 heavy (non-hydrogen) atoms. The van der Waals surface area contributed by atoms with Crippen molar-refractivity contribution in [3.8, 4) is 0 Å². The normalized spacial score (nSPS) is 13.1. The molecule has 9 heteroatoms. The monoisotopic (exact) mass is 363 g/mol. The fourth-order valence-electron chi connectivity index (χ4n) is 1.69. The van der Waals surface area contributed by atoms with Gasteiger partial charge in [-0.1, -0.05) is 22.9 Å². The lowest BCUT2D eigenvalue weighted by molar-refractivity contribution is 0.223. The van der Waals surface area contributed by atoms with Crippen LogP contribution in [0.1, 0.15) is 26.3 Å². The first-order valence-corrected chi connectivity index (χ1v) is 10.3. The topological polar surface area (TPSA) is 91.3 Å². The largest absolute Gasteiger partial charge is 0.358 e. The van der Waals surface area contributed by atoms with Crippen LogP contribution in [0.5, 0.6) is 0 Å². The van der Waals surface area contributed by atoms with Crippen LogP contribution in [0.3, 0.4) is 0 Å². The smallest absolute Gasteiger partial charge is 0.309 e. The first-order valence-electron chi connectivity index (χ1n) is 7.14. The van der Waals surface area contributed by atoms with Crippen molar-refractivity contribution >= 4 is 23.4 Å². The van der Waals surface area contributed by atoms with Gasteiger partial charge < -0.3 is 9.05 Å². The number of oxime groups is 1. The number of hydrogen-bond donors (Lipinski definition) is 0. The summed E-state index contributed by atoms with van der Waals surface area (Å²) in [6.07, 6.45) is -0.141. The van der Waals surface area contributed by atoms with Crippen LogP contribution >= 0.6 is 7.60 Å². The van der Waals surface area contributed by atoms with Gasteiger partial charge in [0.1, 0.15) is 4.90 Å². The van der Waals surface area contributed by atoms with E-state index >= 15 is 0 Å². The van der Waals surface area contributed by atoms with E-state index in [4.69, 9.17) is 9.05 Å². The van der Waals surface area contributed by atoms with Crippen molar-refractivity contribution in [1.29, 1.82) is 0 Å². The Labute approximate surface area is 137 Å². The molecule has 0 heterocycles. The Morgan fingerprint density at radius 1 is 1.13 bits per heavy atom. The molecule has 0 radical (unpaired) electrons. The van der Waals surface area contributed by atoms with E-state index in [0.717, 1.165) is 5.56 Å². The molecule has 0 N–H and O–H groups in total. The van der Waals surface area contributed by atoms with E-state index in [1.165, 1.54) is 19.1 Å². The number of benzene rings is 1. The minimum absolute atomic E-state index is 0.00236. The minimum Gasteiger partial charge on any atom is -0.309 e. The summed E-state index contributed by atoms with van der Waals surface area (Å²) in [4.78, 5) is -0.00236. The highest BCUT2D eigenvalue weighted by molar-refractivity contribution is 7.86. The minimum atomic E-state index is -4.01. The lowest BCUT2D eigenvalue weighted by Gasteiger charge is -2.16. The van der Waals surface area contributed by atoms with E-state index < -0.39 is 17.7 Å². The lowest BCUT2D eigenvalue weighted by Crippen LogP contribution is -2.09. The van der Waals surface area contributed by atoms with Crippen LogP contribution in [-0.4, -0.2) is 33.5 Å². The van der Waals surface area contributed by atoms with Gasteiger partial charge in [0.05, 0.1) is 25.1 Å². The molecule has 0 amide bonds. The van der Waals surface area contributed by atoms with Crippen LogP contribution in [0, 0.1) is 6.92 Å². The summed E-state index contributed by atoms with van der Waals surface area (Å²) in [6, 6.07) is 6.18. The van der Waals surface area contributed by atoms with E-state index in [9.17, 15) is 13.0 Å². The van der Waals surface area contributed by atoms with E-state index in [1.54, 1.807) is 26.0 Å². The molecule has 1 aromatic rings. The Kier molecular flexibility index (Phi) is 7.41. The van der Waals surface area contributed by atoms with Gasteiger partial charge in [0.25, 0.3) is 0 Å². The summed E-state index contributed by atoms with van der Waals surface area (Å²) < 4.78 is 51.2. The van der Waals surface area contributed by atoms with Crippen LogP contribution < -0.4 is 0 Å². The standard InChI is InChI=1S/C14H22NO6PS/c1-5-19-22(16,20-6-2)11-13(4)15-21-23(17,18)14-9-7-12(3)8-10-14/h7-10H,5-6,11H2,1-4H3/b15-13+. The molecule has 0 aliphatic carbocycles. The maximum Gasteiger partial charge on any atom is 0.358 e. The van der Waals surface area contributed by atoms with Crippen molar-refractivity contribution in [1.82, 2.24) is 0 Å². The Hall–Kier alpha value is -1.21. The second-order valence-corrected chi connectivity index (χ2v) is 8.36. The van der Waals surface area contributed by atoms with Crippen molar-refractivity contribution in [2.45, 2.75) is 32.6 Å². The molecule has 0 saturated heterocycles. The molecular weight excluding hydrogens is 341 g/mol. The van der Waals surface area contributed by atoms with Crippen LogP contribution in [0.15, 0.2) is 34.3 Å². The van der Waals surface area contributed by atoms with Crippen LogP contribution in [0.4, 0.5) is 0 Å². The number of rotatable bonds is 9. The first kappa shape index (κ1) is 19.8. The highest BCUT2D eigenvalue weighted by atomic mass is 32.2. The third kappa shape index (κ3) is 6.43. The summed E-state index contributed by atoms with van der Waals surface area (Å²) >= 11 is 0. The van der Waals surface area contributed by atoms with Gasteiger partial charge >= 0.3 is 17.7 Å². The summed E-state index contributed by atoms with van der Waals surface area (Å²) in [5, 5.41) is 3.54. The third-order valence-electron chi connectivity index (χ3n) is 2.67. The molecule has 0 aliphatic heterocycles. The first-order chi connectivity index (χ1) is 10.7. The van der Waals surface area contributed by atoms with Gasteiger partial charge in [0, 0.05) is 0 Å². The van der Waals surface area contributed by atoms with Gasteiger partial charge in [-0.2, -0.15) is 8.42 Å². The molecular formula is C14H22NO6PS. The van der Waals surface area contributed by atoms with Crippen LogP contribution in [-0.2, 0) is 28.0 Å². The second kappa shape index (κ2) is 8.59. The zero-order valence-electron chi connectivity index (χ0n) is 13.7. The molecule has 0 atom stereocenters. The predicted octanol–water partition coefficient (Wildman–Crippen LogP) is 3.34. The van der Waals surface area contributed by atoms with E-state index in [2.05, 4.69) is 9.44 Å². The molecule has 7 nitrogen and oxygen atoms in total. The van der Waals surface area contributed by atoms with Crippen molar-refractivity contribution < 1.29 is 26.3 Å². The summed E-state index contributed by atoms with van der Waals surface area (Å²) in [5.74, 6) is 0. The SMILES string of the molecule is CCOP(=O)(C/C(C)=N/OS(=O)(=O)c1ccc(C)cc1)OCC. The lowest BCUT2D eigenvalue weighted by atomic mass is 10.2. The zero-order valence-corrected chi connectivity index (χ0v) is 15.4. The van der Waals surface area contributed by atoms with Gasteiger partial charge in [0.2, 0.25) is 0 Å². The van der Waals surface area contributed by atoms with E-state index in [0.29, 0.717) is 0 Å². The average molecular weight is 363 g/mol. The molecule has 0 unspecified atom stereocenters. The van der Waals surface area contributed by atoms with Crippen LogP contribution in [0.2, 0.25) is 0 Å². The molecule has 0 aromatic heterocycles. The van der Waals surface area contributed by atoms with Crippen molar-refractivity contribution in [2.75, 3.05) is 19.4 Å². The summed E-state index contributed by atoms with van der Waals surface area (Å²) in [6.45, 7) is 7.15. The second-order valence-electron chi connectivity index (χ2n) is 4.77. The maximum absolute atomic E-state index is 12.3. The van der Waals surface area contributed by atoms with Gasteiger partial charge in [-0.3, -0.25) is 8.85 Å². The molecule has 0 bridgehead atoms. The Morgan fingerprint density at radius 3 is 2.13 bits per heavy atom. The highest BCUT2D eigenvalue weighted by Gasteiger charge is 2.25. The van der Waals surface area contributed by atoms with Gasteiger partial charge in [-0.15, -0.1) is 0 Å². The Balaban J connectivity index is 2.82. The zero-order chi connectivity index (χ0) is 17.5. The fraction of sp³-hybridized carbons (Fsp3) is 0.500.